The van der Waals surface area contributed by atoms with Gasteiger partial charge in [0.05, 0.1) is 29.8 Å². The molecule has 0 spiro atoms. The summed E-state index contributed by atoms with van der Waals surface area (Å²) in [6.45, 7) is 2.16. The van der Waals surface area contributed by atoms with Crippen LogP contribution in [0, 0.1) is 5.82 Å². The first-order valence-corrected chi connectivity index (χ1v) is 6.11. The zero-order chi connectivity index (χ0) is 14.0. The monoisotopic (exact) mass is 284 g/mol. The highest BCUT2D eigenvalue weighted by Gasteiger charge is 2.14. The number of nitrogens with two attached hydrogens (primary N) is 2. The Balaban J connectivity index is 2.17. The maximum atomic E-state index is 13.9. The third-order valence-corrected chi connectivity index (χ3v) is 3.02. The van der Waals surface area contributed by atoms with Crippen LogP contribution in [0.15, 0.2) is 16.7 Å². The van der Waals surface area contributed by atoms with Gasteiger partial charge in [-0.1, -0.05) is 18.5 Å². The Hall–Kier alpha value is -1.95. The van der Waals surface area contributed by atoms with Crippen LogP contribution in [-0.4, -0.2) is 4.98 Å². The number of hydrogen-bond acceptors (Lipinski definition) is 5. The molecule has 0 fully saturated rings. The molecule has 0 unspecified atom stereocenters. The first-order chi connectivity index (χ1) is 9.02. The van der Waals surface area contributed by atoms with Crippen molar-refractivity contribution in [3.63, 3.8) is 0 Å². The smallest absolute Gasteiger partial charge is 0.213 e. The van der Waals surface area contributed by atoms with Gasteiger partial charge in [-0.15, -0.1) is 0 Å². The van der Waals surface area contributed by atoms with Crippen molar-refractivity contribution in [3.05, 3.63) is 34.8 Å². The van der Waals surface area contributed by atoms with Crippen LogP contribution in [0.25, 0.3) is 0 Å². The number of aromatic nitrogens is 1. The van der Waals surface area contributed by atoms with Gasteiger partial charge < -0.3 is 21.2 Å². The van der Waals surface area contributed by atoms with Crippen molar-refractivity contribution in [2.75, 3.05) is 16.8 Å². The predicted molar refractivity (Wildman–Crippen MR) is 73.4 cm³/mol. The molecular weight excluding hydrogens is 271 g/mol. The Labute approximate surface area is 114 Å². The second-order valence-electron chi connectivity index (χ2n) is 3.99. The van der Waals surface area contributed by atoms with Gasteiger partial charge in [0.15, 0.2) is 5.82 Å². The fraction of sp³-hybridized carbons (Fsp3) is 0.250. The number of rotatable bonds is 4. The normalized spacial score (nSPS) is 10.7. The Morgan fingerprint density at radius 2 is 2.16 bits per heavy atom. The third kappa shape index (κ3) is 2.73. The van der Waals surface area contributed by atoms with Crippen molar-refractivity contribution in [2.24, 2.45) is 0 Å². The van der Waals surface area contributed by atoms with Crippen molar-refractivity contribution in [3.8, 4) is 0 Å². The van der Waals surface area contributed by atoms with E-state index >= 15 is 0 Å². The van der Waals surface area contributed by atoms with E-state index in [1.165, 1.54) is 6.07 Å². The van der Waals surface area contributed by atoms with Gasteiger partial charge in [0.2, 0.25) is 5.89 Å². The molecule has 5 N–H and O–H groups in total. The molecule has 0 saturated heterocycles. The molecule has 0 saturated carbocycles. The standard InChI is InChI=1S/C12H14ClFN4O/c1-2-6-4-17-9(19-6)5-18-12-8(16)3-7(15)10(13)11(12)14/h3-4,18H,2,5,15-16H2,1H3. The predicted octanol–water partition coefficient (Wildman–Crippen LogP) is 2.81. The van der Waals surface area contributed by atoms with Crippen molar-refractivity contribution >= 4 is 28.7 Å². The molecule has 2 aromatic rings. The van der Waals surface area contributed by atoms with Crippen LogP contribution in [0.2, 0.25) is 5.02 Å². The number of halogens is 2. The molecule has 1 heterocycles. The maximum Gasteiger partial charge on any atom is 0.213 e. The zero-order valence-corrected chi connectivity index (χ0v) is 11.1. The minimum atomic E-state index is -0.679. The minimum Gasteiger partial charge on any atom is -0.444 e. The van der Waals surface area contributed by atoms with Crippen LogP contribution in [0.1, 0.15) is 18.6 Å². The van der Waals surface area contributed by atoms with Crippen molar-refractivity contribution < 1.29 is 8.81 Å². The third-order valence-electron chi connectivity index (χ3n) is 2.63. The number of oxazole rings is 1. The Bertz CT molecular complexity index is 600. The van der Waals surface area contributed by atoms with E-state index in [9.17, 15) is 4.39 Å². The van der Waals surface area contributed by atoms with Gasteiger partial charge >= 0.3 is 0 Å². The van der Waals surface area contributed by atoms with Gasteiger partial charge in [-0.3, -0.25) is 0 Å². The second-order valence-corrected chi connectivity index (χ2v) is 4.36. The Morgan fingerprint density at radius 1 is 1.42 bits per heavy atom. The van der Waals surface area contributed by atoms with Crippen LogP contribution in [0.5, 0.6) is 0 Å². The summed E-state index contributed by atoms with van der Waals surface area (Å²) in [7, 11) is 0. The molecule has 0 atom stereocenters. The van der Waals surface area contributed by atoms with Crippen LogP contribution >= 0.6 is 11.6 Å². The van der Waals surface area contributed by atoms with Gasteiger partial charge in [-0.25, -0.2) is 9.37 Å². The van der Waals surface area contributed by atoms with Crippen LogP contribution in [0.4, 0.5) is 21.5 Å². The molecule has 0 bridgehead atoms. The van der Waals surface area contributed by atoms with Crippen molar-refractivity contribution in [1.82, 2.24) is 4.98 Å². The Morgan fingerprint density at radius 3 is 2.79 bits per heavy atom. The number of hydrogen-bond donors (Lipinski definition) is 3. The molecule has 7 heteroatoms. The lowest BCUT2D eigenvalue weighted by Crippen LogP contribution is -2.06. The number of anilines is 3. The SMILES string of the molecule is CCc1cnc(CNc2c(N)cc(N)c(Cl)c2F)o1. The summed E-state index contributed by atoms with van der Waals surface area (Å²) in [6.07, 6.45) is 2.38. The lowest BCUT2D eigenvalue weighted by molar-refractivity contribution is 0.465. The molecule has 0 radical (unpaired) electrons. The van der Waals surface area contributed by atoms with E-state index < -0.39 is 5.82 Å². The van der Waals surface area contributed by atoms with E-state index in [1.54, 1.807) is 6.20 Å². The van der Waals surface area contributed by atoms with E-state index in [-0.39, 0.29) is 28.6 Å². The maximum absolute atomic E-state index is 13.9. The first-order valence-electron chi connectivity index (χ1n) is 5.73. The fourth-order valence-corrected chi connectivity index (χ4v) is 1.75. The summed E-state index contributed by atoms with van der Waals surface area (Å²) in [5, 5.41) is 2.65. The first kappa shape index (κ1) is 13.5. The van der Waals surface area contributed by atoms with Crippen LogP contribution < -0.4 is 16.8 Å². The molecule has 5 nitrogen and oxygen atoms in total. The molecule has 19 heavy (non-hydrogen) atoms. The highest BCUT2D eigenvalue weighted by atomic mass is 35.5. The van der Waals surface area contributed by atoms with Crippen molar-refractivity contribution in [1.29, 1.82) is 0 Å². The molecule has 0 amide bonds. The molecule has 0 aliphatic carbocycles. The average molecular weight is 285 g/mol. The lowest BCUT2D eigenvalue weighted by atomic mass is 10.2. The summed E-state index contributed by atoms with van der Waals surface area (Å²) in [6, 6.07) is 1.40. The molecule has 0 aliphatic rings. The quantitative estimate of drug-likeness (QED) is 0.751. The molecule has 1 aromatic carbocycles. The molecule has 0 aliphatic heterocycles. The summed E-state index contributed by atoms with van der Waals surface area (Å²) in [5.74, 6) is 0.533. The fourth-order valence-electron chi connectivity index (χ4n) is 1.60. The highest BCUT2D eigenvalue weighted by Crippen LogP contribution is 2.33. The highest BCUT2D eigenvalue weighted by molar-refractivity contribution is 6.33. The molecule has 1 aromatic heterocycles. The van der Waals surface area contributed by atoms with E-state index in [2.05, 4.69) is 10.3 Å². The van der Waals surface area contributed by atoms with Crippen LogP contribution in [0.3, 0.4) is 0 Å². The second kappa shape index (κ2) is 5.36. The van der Waals surface area contributed by atoms with Gasteiger partial charge in [0.1, 0.15) is 10.8 Å². The van der Waals surface area contributed by atoms with E-state index in [0.29, 0.717) is 5.89 Å². The van der Waals surface area contributed by atoms with Crippen molar-refractivity contribution in [2.45, 2.75) is 19.9 Å². The van der Waals surface area contributed by atoms with Gasteiger partial charge in [-0.2, -0.15) is 0 Å². The summed E-state index contributed by atoms with van der Waals surface area (Å²) in [5.41, 5.74) is 11.6. The number of nitrogen functional groups attached to an aromatic ring is 2. The minimum absolute atomic E-state index is 0.0930. The van der Waals surface area contributed by atoms with Gasteiger partial charge in [-0.05, 0) is 6.07 Å². The van der Waals surface area contributed by atoms with E-state index in [1.807, 2.05) is 6.92 Å². The number of aryl methyl sites for hydroxylation is 1. The zero-order valence-electron chi connectivity index (χ0n) is 10.3. The number of benzene rings is 1. The van der Waals surface area contributed by atoms with Gasteiger partial charge in [0.25, 0.3) is 0 Å². The van der Waals surface area contributed by atoms with E-state index in [0.717, 1.165) is 12.2 Å². The lowest BCUT2D eigenvalue weighted by Gasteiger charge is -2.11. The summed E-state index contributed by atoms with van der Waals surface area (Å²) >= 11 is 5.73. The van der Waals surface area contributed by atoms with Gasteiger partial charge in [0, 0.05) is 6.42 Å². The topological polar surface area (TPSA) is 90.1 Å². The Kier molecular flexibility index (Phi) is 3.80. The average Bonchev–Trinajstić information content (AvgIpc) is 2.84. The molecule has 102 valence electrons. The van der Waals surface area contributed by atoms with Crippen LogP contribution in [-0.2, 0) is 13.0 Å². The number of nitrogens with one attached hydrogen (secondary N) is 1. The summed E-state index contributed by atoms with van der Waals surface area (Å²) < 4.78 is 19.3. The largest absolute Gasteiger partial charge is 0.444 e. The van der Waals surface area contributed by atoms with E-state index in [4.69, 9.17) is 27.5 Å². The molecule has 2 rings (SSSR count). The number of nitrogens with zero attached hydrogens (tertiary/aromatic N) is 1. The summed E-state index contributed by atoms with van der Waals surface area (Å²) in [4.78, 5) is 4.05. The molecular formula is C12H14ClFN4O.